The molecule has 6 nitrogen and oxygen atoms in total. The molecule has 2 aromatic rings. The summed E-state index contributed by atoms with van der Waals surface area (Å²) in [5, 5.41) is 6.08. The molecule has 2 heterocycles. The molecule has 33 heavy (non-hydrogen) atoms. The number of benzene rings is 2. The first-order valence-electron chi connectivity index (χ1n) is 12.0. The summed E-state index contributed by atoms with van der Waals surface area (Å²) >= 11 is 0. The maximum Gasteiger partial charge on any atom is 0.317 e. The number of hydrogen-bond donors (Lipinski definition) is 2. The lowest BCUT2D eigenvalue weighted by atomic mass is 9.78. The number of hydrogen-bond acceptors (Lipinski definition) is 3. The highest BCUT2D eigenvalue weighted by Gasteiger charge is 2.41. The van der Waals surface area contributed by atoms with Gasteiger partial charge < -0.3 is 20.3 Å². The topological polar surface area (TPSA) is 70.7 Å². The number of carbonyl (C=O) groups excluding carboxylic acids is 2. The molecule has 1 unspecified atom stereocenters. The Hall–Kier alpha value is -2.86. The summed E-state index contributed by atoms with van der Waals surface area (Å²) in [4.78, 5) is 27.0. The summed E-state index contributed by atoms with van der Waals surface area (Å²) in [5.74, 6) is 0.435. The fourth-order valence-corrected chi connectivity index (χ4v) is 4.90. The van der Waals surface area contributed by atoms with Crippen molar-refractivity contribution in [2.75, 3.05) is 19.7 Å². The number of rotatable bonds is 6. The van der Waals surface area contributed by atoms with E-state index in [0.717, 1.165) is 36.8 Å². The van der Waals surface area contributed by atoms with Crippen LogP contribution in [0.4, 0.5) is 4.79 Å². The summed E-state index contributed by atoms with van der Waals surface area (Å²) in [6.45, 7) is 5.23. The molecule has 6 heteroatoms. The van der Waals surface area contributed by atoms with Crippen LogP contribution >= 0.6 is 0 Å². The van der Waals surface area contributed by atoms with E-state index in [4.69, 9.17) is 4.74 Å². The molecule has 0 radical (unpaired) electrons. The van der Waals surface area contributed by atoms with Gasteiger partial charge in [0, 0.05) is 39.2 Å². The molecule has 2 saturated heterocycles. The molecule has 176 valence electrons. The van der Waals surface area contributed by atoms with E-state index in [1.807, 2.05) is 47.4 Å². The van der Waals surface area contributed by atoms with Gasteiger partial charge in [-0.1, -0.05) is 60.2 Å². The van der Waals surface area contributed by atoms with E-state index in [9.17, 15) is 9.59 Å². The van der Waals surface area contributed by atoms with Gasteiger partial charge in [0.1, 0.15) is 0 Å². The molecule has 2 aromatic carbocycles. The van der Waals surface area contributed by atoms with Gasteiger partial charge in [0.25, 0.3) is 0 Å². The minimum absolute atomic E-state index is 0.0157. The second-order valence-electron chi connectivity index (χ2n) is 9.49. The van der Waals surface area contributed by atoms with E-state index < -0.39 is 0 Å². The van der Waals surface area contributed by atoms with Gasteiger partial charge in [0.05, 0.1) is 5.60 Å². The molecule has 1 spiro atoms. The van der Waals surface area contributed by atoms with Gasteiger partial charge in [-0.15, -0.1) is 0 Å². The van der Waals surface area contributed by atoms with Crippen LogP contribution in [-0.2, 0) is 22.6 Å². The van der Waals surface area contributed by atoms with Crippen molar-refractivity contribution in [2.24, 2.45) is 5.92 Å². The van der Waals surface area contributed by atoms with Crippen LogP contribution in [0.2, 0.25) is 0 Å². The van der Waals surface area contributed by atoms with Crippen LogP contribution < -0.4 is 10.6 Å². The van der Waals surface area contributed by atoms with Crippen LogP contribution in [0.15, 0.2) is 54.6 Å². The minimum Gasteiger partial charge on any atom is -0.375 e. The lowest BCUT2D eigenvalue weighted by molar-refractivity contribution is -0.134. The molecule has 2 fully saturated rings. The van der Waals surface area contributed by atoms with E-state index in [0.29, 0.717) is 45.1 Å². The van der Waals surface area contributed by atoms with Gasteiger partial charge in [-0.2, -0.15) is 0 Å². The lowest BCUT2D eigenvalue weighted by Gasteiger charge is -2.46. The Morgan fingerprint density at radius 3 is 2.36 bits per heavy atom. The summed E-state index contributed by atoms with van der Waals surface area (Å²) in [5.41, 5.74) is 3.23. The standard InChI is InChI=1S/C27H35N3O3/c1-21-7-9-23(10-8-21)20-29-26(32)30-14-12-27(13-15-30)18-24(11-16-33-27)17-25(31)28-19-22-5-3-2-4-6-22/h2-10,24H,11-20H2,1H3,(H,28,31)(H,29,32). The smallest absolute Gasteiger partial charge is 0.317 e. The van der Waals surface area contributed by atoms with Crippen molar-refractivity contribution in [1.82, 2.24) is 15.5 Å². The van der Waals surface area contributed by atoms with Gasteiger partial charge in [0.2, 0.25) is 5.91 Å². The zero-order valence-corrected chi connectivity index (χ0v) is 19.5. The van der Waals surface area contributed by atoms with Crippen molar-refractivity contribution in [3.8, 4) is 0 Å². The number of nitrogens with one attached hydrogen (secondary N) is 2. The second kappa shape index (κ2) is 10.8. The molecule has 3 amide bonds. The van der Waals surface area contributed by atoms with Gasteiger partial charge in [-0.05, 0) is 49.7 Å². The molecular formula is C27H35N3O3. The summed E-state index contributed by atoms with van der Waals surface area (Å²) in [6, 6.07) is 18.2. The number of ether oxygens (including phenoxy) is 1. The second-order valence-corrected chi connectivity index (χ2v) is 9.49. The molecule has 4 rings (SSSR count). The summed E-state index contributed by atoms with van der Waals surface area (Å²) in [7, 11) is 0. The molecular weight excluding hydrogens is 414 g/mol. The Bertz CT molecular complexity index is 921. The van der Waals surface area contributed by atoms with Crippen molar-refractivity contribution in [1.29, 1.82) is 0 Å². The van der Waals surface area contributed by atoms with Crippen molar-refractivity contribution in [3.63, 3.8) is 0 Å². The average Bonchev–Trinajstić information content (AvgIpc) is 2.83. The van der Waals surface area contributed by atoms with Crippen LogP contribution in [-0.4, -0.2) is 42.1 Å². The van der Waals surface area contributed by atoms with Gasteiger partial charge >= 0.3 is 6.03 Å². The number of piperidine rings is 1. The molecule has 2 aliphatic heterocycles. The predicted molar refractivity (Wildman–Crippen MR) is 129 cm³/mol. The van der Waals surface area contributed by atoms with E-state index in [1.165, 1.54) is 5.56 Å². The maximum absolute atomic E-state index is 12.6. The Kier molecular flexibility index (Phi) is 7.65. The fourth-order valence-electron chi connectivity index (χ4n) is 4.90. The molecule has 2 aliphatic rings. The van der Waals surface area contributed by atoms with E-state index >= 15 is 0 Å². The summed E-state index contributed by atoms with van der Waals surface area (Å²) in [6.07, 6.45) is 4.00. The first kappa shape index (κ1) is 23.3. The van der Waals surface area contributed by atoms with Crippen molar-refractivity contribution >= 4 is 11.9 Å². The molecule has 0 aromatic heterocycles. The lowest BCUT2D eigenvalue weighted by Crippen LogP contribution is -2.53. The van der Waals surface area contributed by atoms with Gasteiger partial charge in [-0.25, -0.2) is 4.79 Å². The highest BCUT2D eigenvalue weighted by Crippen LogP contribution is 2.38. The zero-order chi connectivity index (χ0) is 23.1. The third-order valence-corrected chi connectivity index (χ3v) is 6.93. The third-order valence-electron chi connectivity index (χ3n) is 6.93. The minimum atomic E-state index is -0.198. The maximum atomic E-state index is 12.6. The molecule has 0 saturated carbocycles. The van der Waals surface area contributed by atoms with Crippen LogP contribution in [0.1, 0.15) is 48.8 Å². The van der Waals surface area contributed by atoms with Crippen LogP contribution in [0, 0.1) is 12.8 Å². The predicted octanol–water partition coefficient (Wildman–Crippen LogP) is 4.17. The first-order valence-corrected chi connectivity index (χ1v) is 12.0. The number of urea groups is 1. The highest BCUT2D eigenvalue weighted by atomic mass is 16.5. The molecule has 1 atom stereocenters. The normalized spacial score (nSPS) is 19.8. The molecule has 0 bridgehead atoms. The fraction of sp³-hybridized carbons (Fsp3) is 0.481. The van der Waals surface area contributed by atoms with Crippen LogP contribution in [0.25, 0.3) is 0 Å². The Labute approximate surface area is 196 Å². The SMILES string of the molecule is Cc1ccc(CNC(=O)N2CCC3(CC2)CC(CC(=O)NCc2ccccc2)CCO3)cc1. The number of nitrogens with zero attached hydrogens (tertiary/aromatic N) is 1. The van der Waals surface area contributed by atoms with Crippen molar-refractivity contribution in [3.05, 3.63) is 71.3 Å². The van der Waals surface area contributed by atoms with Crippen LogP contribution in [0.3, 0.4) is 0 Å². The average molecular weight is 450 g/mol. The first-order chi connectivity index (χ1) is 16.0. The van der Waals surface area contributed by atoms with Crippen LogP contribution in [0.5, 0.6) is 0 Å². The van der Waals surface area contributed by atoms with Crippen molar-refractivity contribution in [2.45, 2.75) is 57.7 Å². The Morgan fingerprint density at radius 1 is 0.970 bits per heavy atom. The number of likely N-dealkylation sites (tertiary alicyclic amines) is 1. The number of amides is 3. The van der Waals surface area contributed by atoms with Gasteiger partial charge in [0.15, 0.2) is 0 Å². The number of carbonyl (C=O) groups is 2. The van der Waals surface area contributed by atoms with E-state index in [2.05, 4.69) is 29.7 Å². The molecule has 0 aliphatic carbocycles. The van der Waals surface area contributed by atoms with Crippen molar-refractivity contribution < 1.29 is 14.3 Å². The molecule has 2 N–H and O–H groups in total. The quantitative estimate of drug-likeness (QED) is 0.695. The summed E-state index contributed by atoms with van der Waals surface area (Å²) < 4.78 is 6.23. The zero-order valence-electron chi connectivity index (χ0n) is 19.5. The largest absolute Gasteiger partial charge is 0.375 e. The van der Waals surface area contributed by atoms with E-state index in [-0.39, 0.29) is 17.5 Å². The monoisotopic (exact) mass is 449 g/mol. The highest BCUT2D eigenvalue weighted by molar-refractivity contribution is 5.76. The van der Waals surface area contributed by atoms with Gasteiger partial charge in [-0.3, -0.25) is 4.79 Å². The Balaban J connectivity index is 1.20. The third kappa shape index (κ3) is 6.57. The number of aryl methyl sites for hydroxylation is 1. The van der Waals surface area contributed by atoms with E-state index in [1.54, 1.807) is 0 Å². The Morgan fingerprint density at radius 2 is 1.64 bits per heavy atom.